The van der Waals surface area contributed by atoms with E-state index in [0.717, 1.165) is 0 Å². The van der Waals surface area contributed by atoms with Crippen molar-refractivity contribution in [1.82, 2.24) is 5.32 Å². The van der Waals surface area contributed by atoms with Crippen LogP contribution >= 0.6 is 11.8 Å². The van der Waals surface area contributed by atoms with Crippen molar-refractivity contribution in [3.63, 3.8) is 0 Å². The van der Waals surface area contributed by atoms with Crippen LogP contribution in [-0.2, 0) is 4.79 Å². The van der Waals surface area contributed by atoms with Gasteiger partial charge in [0.15, 0.2) is 11.5 Å². The Bertz CT molecular complexity index is 743. The van der Waals surface area contributed by atoms with E-state index in [-0.39, 0.29) is 17.5 Å². The summed E-state index contributed by atoms with van der Waals surface area (Å²) in [4.78, 5) is 36.2. The number of furan rings is 1. The molecule has 1 aromatic carbocycles. The summed E-state index contributed by atoms with van der Waals surface area (Å²) in [6.45, 7) is 1.46. The van der Waals surface area contributed by atoms with E-state index in [4.69, 9.17) is 4.42 Å². The molecule has 0 saturated heterocycles. The number of nitrogens with one attached hydrogen (secondary N) is 2. The molecule has 0 aliphatic rings. The molecule has 0 bridgehead atoms. The van der Waals surface area contributed by atoms with Gasteiger partial charge >= 0.3 is 0 Å². The highest BCUT2D eigenvalue weighted by molar-refractivity contribution is 7.98. The van der Waals surface area contributed by atoms with Crippen molar-refractivity contribution in [2.24, 2.45) is 0 Å². The van der Waals surface area contributed by atoms with Crippen LogP contribution < -0.4 is 10.6 Å². The first-order valence-corrected chi connectivity index (χ1v) is 9.16. The molecule has 0 fully saturated rings. The van der Waals surface area contributed by atoms with E-state index in [0.29, 0.717) is 23.4 Å². The summed E-state index contributed by atoms with van der Waals surface area (Å²) in [5.41, 5.74) is 1.03. The van der Waals surface area contributed by atoms with Gasteiger partial charge in [-0.25, -0.2) is 0 Å². The number of anilines is 1. The number of benzene rings is 1. The van der Waals surface area contributed by atoms with Gasteiger partial charge in [-0.3, -0.25) is 14.4 Å². The second kappa shape index (κ2) is 9.08. The van der Waals surface area contributed by atoms with E-state index in [2.05, 4.69) is 10.6 Å². The second-order valence-electron chi connectivity index (χ2n) is 5.41. The molecule has 0 spiro atoms. The Morgan fingerprint density at radius 2 is 2.00 bits per heavy atom. The fraction of sp³-hybridized carbons (Fsp3) is 0.278. The third-order valence-electron chi connectivity index (χ3n) is 3.51. The van der Waals surface area contributed by atoms with Crippen LogP contribution in [0.15, 0.2) is 47.1 Å². The maximum absolute atomic E-state index is 12.6. The third kappa shape index (κ3) is 5.49. The van der Waals surface area contributed by atoms with E-state index < -0.39 is 11.9 Å². The third-order valence-corrected chi connectivity index (χ3v) is 4.16. The van der Waals surface area contributed by atoms with Crippen LogP contribution in [0.3, 0.4) is 0 Å². The molecule has 132 valence electrons. The first-order chi connectivity index (χ1) is 12.0. The second-order valence-corrected chi connectivity index (χ2v) is 6.40. The molecule has 0 aliphatic heterocycles. The van der Waals surface area contributed by atoms with Crippen LogP contribution in [0.2, 0.25) is 0 Å². The number of carbonyl (C=O) groups excluding carboxylic acids is 3. The summed E-state index contributed by atoms with van der Waals surface area (Å²) in [6, 6.07) is 9.14. The lowest BCUT2D eigenvalue weighted by atomic mass is 10.1. The molecule has 2 amide bonds. The number of Topliss-reactive ketones (excluding diaryl/α,β-unsaturated/α-hetero) is 1. The fourth-order valence-corrected chi connectivity index (χ4v) is 2.66. The van der Waals surface area contributed by atoms with Gasteiger partial charge in [0.2, 0.25) is 5.91 Å². The molecule has 7 heteroatoms. The molecule has 2 N–H and O–H groups in total. The zero-order chi connectivity index (χ0) is 18.2. The monoisotopic (exact) mass is 360 g/mol. The number of hydrogen-bond acceptors (Lipinski definition) is 5. The molecule has 25 heavy (non-hydrogen) atoms. The lowest BCUT2D eigenvalue weighted by Gasteiger charge is -2.17. The number of rotatable bonds is 8. The highest BCUT2D eigenvalue weighted by Gasteiger charge is 2.22. The van der Waals surface area contributed by atoms with Crippen molar-refractivity contribution < 1.29 is 18.8 Å². The van der Waals surface area contributed by atoms with Gasteiger partial charge < -0.3 is 15.1 Å². The molecule has 2 aromatic rings. The highest BCUT2D eigenvalue weighted by atomic mass is 32.2. The zero-order valence-corrected chi connectivity index (χ0v) is 14.9. The van der Waals surface area contributed by atoms with Gasteiger partial charge in [-0.05, 0) is 49.6 Å². The van der Waals surface area contributed by atoms with Gasteiger partial charge in [-0.1, -0.05) is 12.1 Å². The lowest BCUT2D eigenvalue weighted by molar-refractivity contribution is -0.118. The Labute approximate surface area is 150 Å². The Morgan fingerprint density at radius 1 is 1.20 bits per heavy atom. The van der Waals surface area contributed by atoms with Gasteiger partial charge in [0.1, 0.15) is 6.04 Å². The molecule has 2 rings (SSSR count). The van der Waals surface area contributed by atoms with Crippen LogP contribution in [0.25, 0.3) is 0 Å². The molecule has 1 atom stereocenters. The SMILES string of the molecule is CSCCC(NC(=O)c1ccco1)C(=O)Nc1cccc(C(C)=O)c1. The lowest BCUT2D eigenvalue weighted by Crippen LogP contribution is -2.44. The van der Waals surface area contributed by atoms with Crippen molar-refractivity contribution in [3.05, 3.63) is 54.0 Å². The molecule has 0 radical (unpaired) electrons. The minimum atomic E-state index is -0.703. The van der Waals surface area contributed by atoms with Crippen molar-refractivity contribution in [1.29, 1.82) is 0 Å². The van der Waals surface area contributed by atoms with Crippen molar-refractivity contribution in [2.45, 2.75) is 19.4 Å². The normalized spacial score (nSPS) is 11.6. The van der Waals surface area contributed by atoms with Crippen molar-refractivity contribution in [2.75, 3.05) is 17.3 Å². The maximum Gasteiger partial charge on any atom is 0.287 e. The van der Waals surface area contributed by atoms with Gasteiger partial charge in [0, 0.05) is 11.3 Å². The Hall–Kier alpha value is -2.54. The smallest absolute Gasteiger partial charge is 0.287 e. The summed E-state index contributed by atoms with van der Waals surface area (Å²) < 4.78 is 5.05. The molecule has 0 aliphatic carbocycles. The van der Waals surface area contributed by atoms with Gasteiger partial charge in [-0.2, -0.15) is 11.8 Å². The Balaban J connectivity index is 2.08. The fourth-order valence-electron chi connectivity index (χ4n) is 2.19. The van der Waals surface area contributed by atoms with Crippen molar-refractivity contribution >= 4 is 35.0 Å². The van der Waals surface area contributed by atoms with Crippen LogP contribution in [0, 0.1) is 0 Å². The number of ketones is 1. The summed E-state index contributed by atoms with van der Waals surface area (Å²) in [5.74, 6) is 0.00405. The number of thioether (sulfide) groups is 1. The Morgan fingerprint density at radius 3 is 2.64 bits per heavy atom. The average molecular weight is 360 g/mol. The summed E-state index contributed by atoms with van der Waals surface area (Å²) >= 11 is 1.59. The molecule has 1 unspecified atom stereocenters. The van der Waals surface area contributed by atoms with Gasteiger partial charge in [0.05, 0.1) is 6.26 Å². The molecule has 0 saturated carbocycles. The molecule has 1 heterocycles. The predicted molar refractivity (Wildman–Crippen MR) is 98.0 cm³/mol. The van der Waals surface area contributed by atoms with Crippen LogP contribution in [-0.4, -0.2) is 35.6 Å². The van der Waals surface area contributed by atoms with Crippen LogP contribution in [0.5, 0.6) is 0 Å². The van der Waals surface area contributed by atoms with Crippen LogP contribution in [0.1, 0.15) is 34.3 Å². The van der Waals surface area contributed by atoms with Gasteiger partial charge in [0.25, 0.3) is 5.91 Å². The average Bonchev–Trinajstić information content (AvgIpc) is 3.13. The summed E-state index contributed by atoms with van der Waals surface area (Å²) in [5, 5.41) is 5.44. The largest absolute Gasteiger partial charge is 0.459 e. The van der Waals surface area contributed by atoms with E-state index >= 15 is 0 Å². The van der Waals surface area contributed by atoms with Crippen LogP contribution in [0.4, 0.5) is 5.69 Å². The highest BCUT2D eigenvalue weighted by Crippen LogP contribution is 2.13. The Kier molecular flexibility index (Phi) is 6.82. The zero-order valence-electron chi connectivity index (χ0n) is 14.1. The summed E-state index contributed by atoms with van der Waals surface area (Å²) in [6.07, 6.45) is 3.81. The number of hydrogen-bond donors (Lipinski definition) is 2. The number of amides is 2. The molecular weight excluding hydrogens is 340 g/mol. The van der Waals surface area contributed by atoms with E-state index in [1.807, 2.05) is 6.26 Å². The standard InChI is InChI=1S/C18H20N2O4S/c1-12(21)13-5-3-6-14(11-13)19-17(22)15(8-10-25-2)20-18(23)16-7-4-9-24-16/h3-7,9,11,15H,8,10H2,1-2H3,(H,19,22)(H,20,23). The summed E-state index contributed by atoms with van der Waals surface area (Å²) in [7, 11) is 0. The topological polar surface area (TPSA) is 88.4 Å². The minimum Gasteiger partial charge on any atom is -0.459 e. The molecular formula is C18H20N2O4S. The maximum atomic E-state index is 12.6. The first kappa shape index (κ1) is 18.8. The first-order valence-electron chi connectivity index (χ1n) is 7.76. The quantitative estimate of drug-likeness (QED) is 0.707. The van der Waals surface area contributed by atoms with Gasteiger partial charge in [-0.15, -0.1) is 0 Å². The van der Waals surface area contributed by atoms with E-state index in [9.17, 15) is 14.4 Å². The molecule has 1 aromatic heterocycles. The van der Waals surface area contributed by atoms with Crippen molar-refractivity contribution in [3.8, 4) is 0 Å². The minimum absolute atomic E-state index is 0.0823. The predicted octanol–water partition coefficient (Wildman–Crippen LogP) is 2.97. The van der Waals surface area contributed by atoms with E-state index in [1.54, 1.807) is 42.1 Å². The molecule has 6 nitrogen and oxygen atoms in total. The number of carbonyl (C=O) groups is 3. The van der Waals surface area contributed by atoms with E-state index in [1.165, 1.54) is 19.3 Å².